The molecule has 1 aromatic heterocycles. The number of fused-ring (bicyclic) bond motifs is 1. The molecule has 0 fully saturated rings. The minimum absolute atomic E-state index is 0.0534. The highest BCUT2D eigenvalue weighted by atomic mass is 16.5. The summed E-state index contributed by atoms with van der Waals surface area (Å²) in [5, 5.41) is 17.1. The molecule has 4 atom stereocenters. The number of H-pyrrole nitrogens is 1. The maximum atomic E-state index is 13.9. The van der Waals surface area contributed by atoms with Crippen LogP contribution in [0.3, 0.4) is 0 Å². The molecule has 4 aromatic carbocycles. The van der Waals surface area contributed by atoms with Gasteiger partial charge in [-0.25, -0.2) is 0 Å². The van der Waals surface area contributed by atoms with Gasteiger partial charge in [-0.05, 0) is 72.6 Å². The molecule has 0 saturated heterocycles. The van der Waals surface area contributed by atoms with Crippen LogP contribution in [0.1, 0.15) is 41.5 Å². The first-order valence-corrected chi connectivity index (χ1v) is 18.8. The number of aliphatic hydroxyl groups is 1. The Morgan fingerprint density at radius 3 is 2.04 bits per heavy atom. The molecular formula is C46H51N3O6. The monoisotopic (exact) mass is 741 g/mol. The van der Waals surface area contributed by atoms with Gasteiger partial charge in [-0.1, -0.05) is 103 Å². The highest BCUT2D eigenvalue weighted by Crippen LogP contribution is 2.21. The van der Waals surface area contributed by atoms with Crippen molar-refractivity contribution in [1.82, 2.24) is 15.6 Å². The number of hydrogen-bond donors (Lipinski definition) is 4. The van der Waals surface area contributed by atoms with Crippen molar-refractivity contribution in [1.29, 1.82) is 0 Å². The average Bonchev–Trinajstić information content (AvgIpc) is 3.62. The van der Waals surface area contributed by atoms with Crippen molar-refractivity contribution in [2.75, 3.05) is 13.2 Å². The molecule has 0 bridgehead atoms. The predicted octanol–water partition coefficient (Wildman–Crippen LogP) is 7.05. The number of allylic oxidation sites excluding steroid dienone is 2. The van der Waals surface area contributed by atoms with Crippen molar-refractivity contribution in [2.24, 2.45) is 11.8 Å². The fourth-order valence-corrected chi connectivity index (χ4v) is 6.60. The van der Waals surface area contributed by atoms with Crippen LogP contribution in [0.5, 0.6) is 5.75 Å². The standard InChI is InChI=1S/C46H51N3O6/c1-3-13-36(28-44(51)48-39(30-50)26-34-21-23-41(24-22-34)54-31-35-17-9-6-10-18-35)45(52)49-40(27-38-29-47-43-20-12-11-19-42(38)43)32-55-46(53)37(14-4-2)25-33-15-7-5-8-16-33/h3-12,15-24,29,36-37,39-40,47,50H,1-2,13-14,25-28,30-32H2,(H,48,51)(H,49,52)/t36-,37-,39+,40+/m1/s1. The first kappa shape index (κ1) is 40.3. The Morgan fingerprint density at radius 2 is 1.35 bits per heavy atom. The Hall–Kier alpha value is -5.93. The van der Waals surface area contributed by atoms with E-state index in [0.29, 0.717) is 32.3 Å². The van der Waals surface area contributed by atoms with Gasteiger partial charge in [0.1, 0.15) is 19.0 Å². The Bertz CT molecular complexity index is 1980. The maximum absolute atomic E-state index is 13.9. The molecule has 5 rings (SSSR count). The van der Waals surface area contributed by atoms with Crippen LogP contribution in [0.4, 0.5) is 0 Å². The summed E-state index contributed by atoms with van der Waals surface area (Å²) in [5.41, 5.74) is 4.92. The number of nitrogens with one attached hydrogen (secondary N) is 3. The molecule has 0 spiro atoms. The van der Waals surface area contributed by atoms with E-state index < -0.39 is 23.9 Å². The second-order valence-electron chi connectivity index (χ2n) is 13.8. The zero-order chi connectivity index (χ0) is 38.8. The number of esters is 1. The minimum Gasteiger partial charge on any atom is -0.489 e. The molecule has 2 amide bonds. The van der Waals surface area contributed by atoms with Crippen LogP contribution in [0.25, 0.3) is 10.9 Å². The number of para-hydroxylation sites is 1. The molecule has 0 aliphatic heterocycles. The van der Waals surface area contributed by atoms with Crippen LogP contribution >= 0.6 is 0 Å². The van der Waals surface area contributed by atoms with E-state index in [1.165, 1.54) is 0 Å². The number of aromatic amines is 1. The van der Waals surface area contributed by atoms with E-state index >= 15 is 0 Å². The van der Waals surface area contributed by atoms with Crippen molar-refractivity contribution in [3.63, 3.8) is 0 Å². The van der Waals surface area contributed by atoms with Gasteiger partial charge < -0.3 is 30.2 Å². The summed E-state index contributed by atoms with van der Waals surface area (Å²) in [6.45, 7) is 7.78. The molecule has 0 aliphatic carbocycles. The number of carbonyl (C=O) groups is 3. The van der Waals surface area contributed by atoms with Crippen molar-refractivity contribution >= 4 is 28.7 Å². The third-order valence-corrected chi connectivity index (χ3v) is 9.52. The second kappa shape index (κ2) is 21.1. The first-order valence-electron chi connectivity index (χ1n) is 18.8. The summed E-state index contributed by atoms with van der Waals surface area (Å²) in [4.78, 5) is 43.9. The highest BCUT2D eigenvalue weighted by molar-refractivity contribution is 5.87. The summed E-state index contributed by atoms with van der Waals surface area (Å²) in [7, 11) is 0. The molecule has 55 heavy (non-hydrogen) atoms. The van der Waals surface area contributed by atoms with Gasteiger partial charge in [0.2, 0.25) is 11.8 Å². The van der Waals surface area contributed by atoms with Gasteiger partial charge in [-0.3, -0.25) is 14.4 Å². The number of benzene rings is 4. The second-order valence-corrected chi connectivity index (χ2v) is 13.8. The van der Waals surface area contributed by atoms with E-state index in [1.54, 1.807) is 12.2 Å². The van der Waals surface area contributed by atoms with E-state index in [9.17, 15) is 19.5 Å². The molecule has 1 heterocycles. The van der Waals surface area contributed by atoms with Gasteiger partial charge in [0.05, 0.1) is 30.5 Å². The fraction of sp³-hybridized carbons (Fsp3) is 0.283. The quantitative estimate of drug-likeness (QED) is 0.0445. The molecule has 286 valence electrons. The number of aromatic nitrogens is 1. The number of amides is 2. The van der Waals surface area contributed by atoms with Gasteiger partial charge >= 0.3 is 5.97 Å². The minimum atomic E-state index is -0.731. The highest BCUT2D eigenvalue weighted by Gasteiger charge is 2.27. The number of aliphatic hydroxyl groups excluding tert-OH is 1. The van der Waals surface area contributed by atoms with Crippen LogP contribution < -0.4 is 15.4 Å². The lowest BCUT2D eigenvalue weighted by atomic mass is 9.96. The van der Waals surface area contributed by atoms with Crippen LogP contribution in [-0.2, 0) is 45.0 Å². The average molecular weight is 742 g/mol. The number of carbonyl (C=O) groups excluding carboxylic acids is 3. The zero-order valence-corrected chi connectivity index (χ0v) is 31.2. The molecule has 0 aliphatic rings. The van der Waals surface area contributed by atoms with Crippen LogP contribution in [0, 0.1) is 11.8 Å². The number of rotatable bonds is 22. The lowest BCUT2D eigenvalue weighted by Gasteiger charge is -2.24. The molecule has 9 nitrogen and oxygen atoms in total. The predicted molar refractivity (Wildman–Crippen MR) is 216 cm³/mol. The largest absolute Gasteiger partial charge is 0.489 e. The van der Waals surface area contributed by atoms with Crippen LogP contribution in [0.2, 0.25) is 0 Å². The molecule has 0 unspecified atom stereocenters. The molecule has 0 saturated carbocycles. The van der Waals surface area contributed by atoms with Crippen LogP contribution in [-0.4, -0.2) is 53.2 Å². The molecule has 4 N–H and O–H groups in total. The smallest absolute Gasteiger partial charge is 0.309 e. The van der Waals surface area contributed by atoms with Gasteiger partial charge in [0.25, 0.3) is 0 Å². The van der Waals surface area contributed by atoms with Gasteiger partial charge in [-0.15, -0.1) is 13.2 Å². The normalized spacial score (nSPS) is 13.2. The van der Waals surface area contributed by atoms with Gasteiger partial charge in [0.15, 0.2) is 0 Å². The van der Waals surface area contributed by atoms with E-state index in [4.69, 9.17) is 9.47 Å². The SMILES string of the molecule is C=CC[C@H](CC(=O)N[C@H](CO)Cc1ccc(OCc2ccccc2)cc1)C(=O)N[C@H](COC(=O)[C@H](CC=C)Cc1ccccc1)Cc1c[nH]c2ccccc12. The molecule has 5 aromatic rings. The van der Waals surface area contributed by atoms with E-state index in [1.807, 2.05) is 115 Å². The maximum Gasteiger partial charge on any atom is 0.309 e. The number of hydrogen-bond acceptors (Lipinski definition) is 6. The Labute approximate surface area is 323 Å². The summed E-state index contributed by atoms with van der Waals surface area (Å²) in [5.74, 6) is -1.52. The third-order valence-electron chi connectivity index (χ3n) is 9.52. The van der Waals surface area contributed by atoms with E-state index in [0.717, 1.165) is 38.9 Å². The summed E-state index contributed by atoms with van der Waals surface area (Å²) in [6, 6.07) is 33.9. The lowest BCUT2D eigenvalue weighted by molar-refractivity contribution is -0.149. The number of ether oxygens (including phenoxy) is 2. The van der Waals surface area contributed by atoms with Crippen molar-refractivity contribution in [3.8, 4) is 5.75 Å². The third kappa shape index (κ3) is 12.6. The Balaban J connectivity index is 1.20. The van der Waals surface area contributed by atoms with Crippen molar-refractivity contribution < 1.29 is 29.0 Å². The fourth-order valence-electron chi connectivity index (χ4n) is 6.60. The van der Waals surface area contributed by atoms with Gasteiger partial charge in [-0.2, -0.15) is 0 Å². The summed E-state index contributed by atoms with van der Waals surface area (Å²) in [6.07, 6.45) is 7.11. The van der Waals surface area contributed by atoms with E-state index in [2.05, 4.69) is 28.8 Å². The Kier molecular flexibility index (Phi) is 15.4. The van der Waals surface area contributed by atoms with Crippen LogP contribution in [0.15, 0.2) is 141 Å². The Morgan fingerprint density at radius 1 is 0.709 bits per heavy atom. The summed E-state index contributed by atoms with van der Waals surface area (Å²) >= 11 is 0. The van der Waals surface area contributed by atoms with Gasteiger partial charge in [0, 0.05) is 23.5 Å². The molecular weight excluding hydrogens is 691 g/mol. The van der Waals surface area contributed by atoms with Crippen molar-refractivity contribution in [3.05, 3.63) is 163 Å². The zero-order valence-electron chi connectivity index (χ0n) is 31.2. The molecule has 9 heteroatoms. The summed E-state index contributed by atoms with van der Waals surface area (Å²) < 4.78 is 11.8. The van der Waals surface area contributed by atoms with Crippen molar-refractivity contribution in [2.45, 2.75) is 57.2 Å². The lowest BCUT2D eigenvalue weighted by Crippen LogP contribution is -2.45. The molecule has 0 radical (unpaired) electrons. The van der Waals surface area contributed by atoms with E-state index in [-0.39, 0.29) is 43.8 Å². The topological polar surface area (TPSA) is 130 Å². The first-order chi connectivity index (χ1) is 26.8.